The Kier molecular flexibility index (Phi) is 7.33. The molecule has 0 spiro atoms. The van der Waals surface area contributed by atoms with Crippen LogP contribution in [0.15, 0.2) is 0 Å². The number of rotatable bonds is 8. The van der Waals surface area contributed by atoms with Crippen molar-refractivity contribution in [2.45, 2.75) is 18.4 Å². The Labute approximate surface area is 105 Å². The van der Waals surface area contributed by atoms with E-state index in [1.54, 1.807) is 0 Å². The van der Waals surface area contributed by atoms with Crippen molar-refractivity contribution in [3.8, 4) is 0 Å². The minimum absolute atomic E-state index is 0.341. The van der Waals surface area contributed by atoms with Gasteiger partial charge in [-0.25, -0.2) is 4.79 Å². The number of ether oxygens (including phenoxy) is 1. The molecule has 7 heteroatoms. The number of hydrogen-bond donors (Lipinski definition) is 4. The zero-order valence-electron chi connectivity index (χ0n) is 8.05. The molecule has 0 heterocycles. The summed E-state index contributed by atoms with van der Waals surface area (Å²) in [5, 5.41) is 17.5. The van der Waals surface area contributed by atoms with Crippen molar-refractivity contribution in [1.82, 2.24) is 0 Å². The van der Waals surface area contributed by atoms with E-state index in [0.29, 0.717) is 24.3 Å². The van der Waals surface area contributed by atoms with Crippen LogP contribution in [0.3, 0.4) is 0 Å². The molecule has 0 aliphatic rings. The van der Waals surface area contributed by atoms with Crippen molar-refractivity contribution in [3.63, 3.8) is 0 Å². The van der Waals surface area contributed by atoms with Crippen LogP contribution in [0, 0.1) is 0 Å². The number of aliphatic carboxylic acids is 1. The molecule has 0 radical (unpaired) electrons. The number of aliphatic hydroxyl groups excluding tert-OH is 1. The van der Waals surface area contributed by atoms with Crippen molar-refractivity contribution in [1.29, 1.82) is 0 Å². The summed E-state index contributed by atoms with van der Waals surface area (Å²) in [5.41, 5.74) is -1.11. The largest absolute Gasteiger partial charge is 0.500 e. The highest BCUT2D eigenvalue weighted by Gasteiger charge is 2.35. The van der Waals surface area contributed by atoms with Crippen LogP contribution in [0.5, 0.6) is 0 Å². The lowest BCUT2D eigenvalue weighted by Gasteiger charge is -2.30. The normalized spacial score (nSPS) is 11.3. The van der Waals surface area contributed by atoms with E-state index >= 15 is 0 Å². The first-order valence-corrected chi connectivity index (χ1v) is 5.96. The van der Waals surface area contributed by atoms with E-state index in [4.69, 9.17) is 9.84 Å². The lowest BCUT2D eigenvalue weighted by molar-refractivity contribution is -0.146. The van der Waals surface area contributed by atoms with Gasteiger partial charge in [-0.05, 0) is 36.6 Å². The van der Waals surface area contributed by atoms with E-state index in [1.807, 2.05) is 0 Å². The summed E-state index contributed by atoms with van der Waals surface area (Å²) in [6.45, 7) is -0.498. The van der Waals surface area contributed by atoms with Gasteiger partial charge in [0.2, 0.25) is 0 Å². The van der Waals surface area contributed by atoms with Crippen LogP contribution in [0.4, 0.5) is 0 Å². The molecule has 0 atom stereocenters. The van der Waals surface area contributed by atoms with Crippen LogP contribution < -0.4 is 0 Å². The van der Waals surface area contributed by atoms with Crippen LogP contribution in [0.1, 0.15) is 12.8 Å². The lowest BCUT2D eigenvalue weighted by Crippen LogP contribution is -2.43. The summed E-state index contributed by atoms with van der Waals surface area (Å²) in [6.07, 6.45) is 0.721. The fraction of sp³-hybridized carbons (Fsp3) is 0.750. The Morgan fingerprint density at radius 3 is 2.00 bits per heavy atom. The molecule has 88 valence electrons. The summed E-state index contributed by atoms with van der Waals surface area (Å²) in [6, 6.07) is 0. The molecule has 0 aliphatic carbocycles. The molecule has 0 fully saturated rings. The molecule has 0 amide bonds. The molecule has 0 rings (SSSR count). The Morgan fingerprint density at radius 1 is 1.27 bits per heavy atom. The molecule has 15 heavy (non-hydrogen) atoms. The minimum atomic E-state index is -1.11. The molecular weight excluding hydrogens is 256 g/mol. The zero-order chi connectivity index (χ0) is 11.9. The second-order valence-electron chi connectivity index (χ2n) is 2.93. The maximum Gasteiger partial charge on any atom is 0.329 e. The molecule has 4 nitrogen and oxygen atoms in total. The molecule has 0 aromatic rings. The van der Waals surface area contributed by atoms with Crippen molar-refractivity contribution in [2.75, 3.05) is 18.1 Å². The minimum Gasteiger partial charge on any atom is -0.500 e. The predicted molar refractivity (Wildman–Crippen MR) is 68.5 cm³/mol. The highest BCUT2D eigenvalue weighted by molar-refractivity contribution is 7.80. The summed E-state index contributed by atoms with van der Waals surface area (Å²) in [7, 11) is 0. The maximum atomic E-state index is 10.4. The second kappa shape index (κ2) is 7.32. The van der Waals surface area contributed by atoms with Gasteiger partial charge in [-0.2, -0.15) is 25.3 Å². The maximum absolute atomic E-state index is 10.4. The average molecular weight is 270 g/mol. The monoisotopic (exact) mass is 270 g/mol. The van der Waals surface area contributed by atoms with E-state index < -0.39 is 18.2 Å². The SMILES string of the molecule is O=C(O)COC(CCS)(CCS)C(O)=S. The highest BCUT2D eigenvalue weighted by Crippen LogP contribution is 2.23. The van der Waals surface area contributed by atoms with Crippen LogP contribution in [0.25, 0.3) is 0 Å². The van der Waals surface area contributed by atoms with Gasteiger partial charge >= 0.3 is 5.97 Å². The zero-order valence-corrected chi connectivity index (χ0v) is 10.7. The van der Waals surface area contributed by atoms with Gasteiger partial charge in [-0.1, -0.05) is 0 Å². The smallest absolute Gasteiger partial charge is 0.329 e. The van der Waals surface area contributed by atoms with Gasteiger partial charge < -0.3 is 14.9 Å². The number of thiol groups is 2. The molecular formula is C8H14O4S3. The Balaban J connectivity index is 4.61. The molecule has 0 saturated heterocycles. The van der Waals surface area contributed by atoms with Gasteiger partial charge in [0.15, 0.2) is 5.05 Å². The van der Waals surface area contributed by atoms with Gasteiger partial charge in [0.25, 0.3) is 0 Å². The van der Waals surface area contributed by atoms with Crippen LogP contribution in [-0.4, -0.2) is 44.9 Å². The Hall–Kier alpha value is 0.0200. The van der Waals surface area contributed by atoms with Gasteiger partial charge in [0, 0.05) is 0 Å². The first-order valence-electron chi connectivity index (χ1n) is 4.29. The van der Waals surface area contributed by atoms with Crippen LogP contribution in [0.2, 0.25) is 0 Å². The third kappa shape index (κ3) is 5.05. The molecule has 0 bridgehead atoms. The fourth-order valence-corrected chi connectivity index (χ4v) is 2.09. The van der Waals surface area contributed by atoms with E-state index in [9.17, 15) is 9.90 Å². The second-order valence-corrected chi connectivity index (χ2v) is 4.21. The average Bonchev–Trinajstić information content (AvgIpc) is 2.14. The Bertz CT molecular complexity index is 226. The van der Waals surface area contributed by atoms with Gasteiger partial charge in [0.1, 0.15) is 12.2 Å². The quantitative estimate of drug-likeness (QED) is 0.396. The number of thiocarbonyl (C=S) groups is 1. The Morgan fingerprint density at radius 2 is 1.73 bits per heavy atom. The molecule has 0 unspecified atom stereocenters. The number of hydrogen-bond acceptors (Lipinski definition) is 5. The summed E-state index contributed by atoms with van der Waals surface area (Å²) in [5.74, 6) is -0.226. The number of carbonyl (C=O) groups is 1. The molecule has 0 aromatic carbocycles. The number of aliphatic hydroxyl groups is 1. The third-order valence-electron chi connectivity index (χ3n) is 1.89. The van der Waals surface area contributed by atoms with Gasteiger partial charge in [-0.3, -0.25) is 0 Å². The van der Waals surface area contributed by atoms with Crippen molar-refractivity contribution in [2.24, 2.45) is 0 Å². The van der Waals surface area contributed by atoms with Gasteiger partial charge in [-0.15, -0.1) is 0 Å². The first kappa shape index (κ1) is 15.0. The molecule has 0 aromatic heterocycles. The molecule has 0 aliphatic heterocycles. The predicted octanol–water partition coefficient (Wildman–Crippen LogP) is 1.35. The van der Waals surface area contributed by atoms with Crippen LogP contribution >= 0.6 is 37.5 Å². The van der Waals surface area contributed by atoms with E-state index in [1.165, 1.54) is 0 Å². The van der Waals surface area contributed by atoms with Crippen LogP contribution in [-0.2, 0) is 9.53 Å². The summed E-state index contributed by atoms with van der Waals surface area (Å²) < 4.78 is 5.14. The molecule has 0 saturated carbocycles. The lowest BCUT2D eigenvalue weighted by atomic mass is 9.98. The van der Waals surface area contributed by atoms with E-state index in [2.05, 4.69) is 37.5 Å². The standard InChI is InChI=1S/C8H14O4S3/c9-6(10)5-12-8(1-3-13,2-4-14)7(11)15/h13-14H,1-5H2,(H,9,10)(H,11,15). The fourth-order valence-electron chi connectivity index (χ4n) is 1.11. The third-order valence-corrected chi connectivity index (χ3v) is 2.71. The molecule has 2 N–H and O–H groups in total. The van der Waals surface area contributed by atoms with Gasteiger partial charge in [0.05, 0.1) is 0 Å². The van der Waals surface area contributed by atoms with E-state index in [0.717, 1.165) is 0 Å². The van der Waals surface area contributed by atoms with Crippen molar-refractivity contribution >= 4 is 48.5 Å². The highest BCUT2D eigenvalue weighted by atomic mass is 32.1. The number of carboxylic acid groups (broad SMARTS) is 1. The summed E-state index contributed by atoms with van der Waals surface area (Å²) in [4.78, 5) is 10.4. The van der Waals surface area contributed by atoms with Crippen molar-refractivity contribution in [3.05, 3.63) is 0 Å². The van der Waals surface area contributed by atoms with E-state index in [-0.39, 0.29) is 5.05 Å². The topological polar surface area (TPSA) is 66.8 Å². The van der Waals surface area contributed by atoms with Crippen molar-refractivity contribution < 1.29 is 19.7 Å². The first-order chi connectivity index (χ1) is 6.98. The summed E-state index contributed by atoms with van der Waals surface area (Å²) >= 11 is 12.7. The number of carboxylic acids is 1.